The van der Waals surface area contributed by atoms with Gasteiger partial charge in [0.1, 0.15) is 0 Å². The van der Waals surface area contributed by atoms with Gasteiger partial charge in [-0.1, -0.05) is 20.8 Å². The summed E-state index contributed by atoms with van der Waals surface area (Å²) >= 11 is 0. The van der Waals surface area contributed by atoms with E-state index < -0.39 is 0 Å². The number of hydrogen-bond donors (Lipinski definition) is 1. The molecule has 0 saturated heterocycles. The van der Waals surface area contributed by atoms with Crippen molar-refractivity contribution in [2.24, 2.45) is 5.73 Å². The van der Waals surface area contributed by atoms with Gasteiger partial charge < -0.3 is 10.1 Å². The van der Waals surface area contributed by atoms with Crippen LogP contribution in [0.3, 0.4) is 0 Å². The summed E-state index contributed by atoms with van der Waals surface area (Å²) in [6.45, 7) is 6.70. The molecular formula is C13H18FN3. The number of imidazole rings is 1. The van der Waals surface area contributed by atoms with Gasteiger partial charge in [0.25, 0.3) is 0 Å². The van der Waals surface area contributed by atoms with Crippen molar-refractivity contribution in [3.63, 3.8) is 0 Å². The summed E-state index contributed by atoms with van der Waals surface area (Å²) in [5, 5.41) is 0. The maximum absolute atomic E-state index is 13.7. The van der Waals surface area contributed by atoms with Gasteiger partial charge in [-0.3, -0.25) is 0 Å². The first kappa shape index (κ1) is 12.0. The summed E-state index contributed by atoms with van der Waals surface area (Å²) in [7, 11) is 0. The minimum Gasteiger partial charge on any atom is -0.330 e. The third-order valence-corrected chi connectivity index (χ3v) is 3.04. The lowest BCUT2D eigenvalue weighted by Gasteiger charge is -2.12. The Morgan fingerprint density at radius 1 is 1.41 bits per heavy atom. The van der Waals surface area contributed by atoms with Gasteiger partial charge in [0.05, 0.1) is 11.4 Å². The molecule has 3 nitrogen and oxygen atoms in total. The predicted molar refractivity (Wildman–Crippen MR) is 66.7 cm³/mol. The normalized spacial score (nSPS) is 13.5. The van der Waals surface area contributed by atoms with Gasteiger partial charge in [-0.15, -0.1) is 0 Å². The molecule has 2 aromatic rings. The second-order valence-electron chi connectivity index (χ2n) is 4.72. The molecule has 2 aromatic heterocycles. The Hall–Kier alpha value is -1.42. The average molecular weight is 235 g/mol. The van der Waals surface area contributed by atoms with Crippen LogP contribution in [0.5, 0.6) is 0 Å². The zero-order valence-electron chi connectivity index (χ0n) is 10.4. The van der Waals surface area contributed by atoms with E-state index in [4.69, 9.17) is 5.73 Å². The predicted octanol–water partition coefficient (Wildman–Crippen LogP) is 2.66. The zero-order chi connectivity index (χ0) is 12.6. The minimum atomic E-state index is -0.287. The van der Waals surface area contributed by atoms with Gasteiger partial charge in [-0.2, -0.15) is 0 Å². The van der Waals surface area contributed by atoms with Crippen molar-refractivity contribution in [3.8, 4) is 0 Å². The Labute approximate surface area is 100 Å². The van der Waals surface area contributed by atoms with E-state index >= 15 is 0 Å². The monoisotopic (exact) mass is 235 g/mol. The highest BCUT2D eigenvalue weighted by molar-refractivity contribution is 5.46. The zero-order valence-corrected chi connectivity index (χ0v) is 10.4. The van der Waals surface area contributed by atoms with Gasteiger partial charge in [-0.05, 0) is 18.1 Å². The highest BCUT2D eigenvalue weighted by Crippen LogP contribution is 2.27. The SMILES string of the molecule is CC(C)c1nc2c(F)cccn2c1C(C)CN. The Morgan fingerprint density at radius 2 is 2.12 bits per heavy atom. The number of nitrogens with two attached hydrogens (primary N) is 1. The fraction of sp³-hybridized carbons (Fsp3) is 0.462. The molecule has 0 bridgehead atoms. The van der Waals surface area contributed by atoms with Crippen molar-refractivity contribution >= 4 is 5.65 Å². The van der Waals surface area contributed by atoms with E-state index in [0.29, 0.717) is 12.2 Å². The average Bonchev–Trinajstić information content (AvgIpc) is 2.69. The largest absolute Gasteiger partial charge is 0.330 e. The lowest BCUT2D eigenvalue weighted by Crippen LogP contribution is -2.13. The number of fused-ring (bicyclic) bond motifs is 1. The minimum absolute atomic E-state index is 0.171. The first-order chi connectivity index (χ1) is 8.06. The van der Waals surface area contributed by atoms with E-state index in [9.17, 15) is 4.39 Å². The first-order valence-corrected chi connectivity index (χ1v) is 5.92. The van der Waals surface area contributed by atoms with Gasteiger partial charge in [0, 0.05) is 18.7 Å². The highest BCUT2D eigenvalue weighted by atomic mass is 19.1. The van der Waals surface area contributed by atoms with E-state index in [2.05, 4.69) is 18.8 Å². The number of pyridine rings is 1. The van der Waals surface area contributed by atoms with Crippen LogP contribution < -0.4 is 5.73 Å². The Balaban J connectivity index is 2.76. The topological polar surface area (TPSA) is 43.3 Å². The van der Waals surface area contributed by atoms with Crippen LogP contribution in [0.15, 0.2) is 18.3 Å². The van der Waals surface area contributed by atoms with Gasteiger partial charge >= 0.3 is 0 Å². The van der Waals surface area contributed by atoms with E-state index in [1.165, 1.54) is 6.07 Å². The van der Waals surface area contributed by atoms with E-state index in [-0.39, 0.29) is 17.7 Å². The van der Waals surface area contributed by atoms with Gasteiger partial charge in [0.2, 0.25) is 0 Å². The van der Waals surface area contributed by atoms with E-state index in [1.54, 1.807) is 6.07 Å². The summed E-state index contributed by atoms with van der Waals surface area (Å²) in [5.74, 6) is 0.146. The smallest absolute Gasteiger partial charge is 0.173 e. The van der Waals surface area contributed by atoms with Crippen LogP contribution in [0.4, 0.5) is 4.39 Å². The lowest BCUT2D eigenvalue weighted by atomic mass is 10.00. The molecule has 0 aliphatic rings. The molecule has 1 unspecified atom stereocenters. The van der Waals surface area contributed by atoms with Crippen molar-refractivity contribution in [1.82, 2.24) is 9.38 Å². The Morgan fingerprint density at radius 3 is 2.71 bits per heavy atom. The number of halogens is 1. The lowest BCUT2D eigenvalue weighted by molar-refractivity contribution is 0.627. The maximum atomic E-state index is 13.7. The summed E-state index contributed by atoms with van der Waals surface area (Å²) in [4.78, 5) is 4.41. The maximum Gasteiger partial charge on any atom is 0.173 e. The van der Waals surface area contributed by atoms with Crippen LogP contribution in [-0.2, 0) is 0 Å². The number of rotatable bonds is 3. The van der Waals surface area contributed by atoms with E-state index in [0.717, 1.165) is 11.4 Å². The molecule has 0 fully saturated rings. The van der Waals surface area contributed by atoms with Crippen LogP contribution >= 0.6 is 0 Å². The summed E-state index contributed by atoms with van der Waals surface area (Å²) in [6, 6.07) is 3.13. The third kappa shape index (κ3) is 1.93. The Kier molecular flexibility index (Phi) is 3.15. The molecule has 0 aliphatic carbocycles. The van der Waals surface area contributed by atoms with Crippen LogP contribution in [-0.4, -0.2) is 15.9 Å². The molecule has 92 valence electrons. The first-order valence-electron chi connectivity index (χ1n) is 5.92. The molecule has 0 amide bonds. The summed E-state index contributed by atoms with van der Waals surface area (Å²) in [6.07, 6.45) is 1.85. The number of nitrogens with zero attached hydrogens (tertiary/aromatic N) is 2. The highest BCUT2D eigenvalue weighted by Gasteiger charge is 2.20. The molecule has 0 aliphatic heterocycles. The molecule has 0 aromatic carbocycles. The standard InChI is InChI=1S/C13H18FN3/c1-8(2)11-12(9(3)7-15)17-6-4-5-10(14)13(17)16-11/h4-6,8-9H,7,15H2,1-3H3. The van der Waals surface area contributed by atoms with Crippen molar-refractivity contribution in [2.75, 3.05) is 6.54 Å². The van der Waals surface area contributed by atoms with Crippen molar-refractivity contribution in [3.05, 3.63) is 35.5 Å². The van der Waals surface area contributed by atoms with E-state index in [1.807, 2.05) is 17.5 Å². The molecule has 0 radical (unpaired) electrons. The van der Waals surface area contributed by atoms with Crippen molar-refractivity contribution in [1.29, 1.82) is 0 Å². The molecule has 2 rings (SSSR count). The van der Waals surface area contributed by atoms with Crippen LogP contribution in [0, 0.1) is 5.82 Å². The molecule has 0 spiro atoms. The fourth-order valence-electron chi connectivity index (χ4n) is 2.10. The van der Waals surface area contributed by atoms with Gasteiger partial charge in [0.15, 0.2) is 11.5 Å². The van der Waals surface area contributed by atoms with Crippen LogP contribution in [0.2, 0.25) is 0 Å². The quantitative estimate of drug-likeness (QED) is 0.888. The third-order valence-electron chi connectivity index (χ3n) is 3.04. The number of hydrogen-bond acceptors (Lipinski definition) is 2. The van der Waals surface area contributed by atoms with Crippen molar-refractivity contribution in [2.45, 2.75) is 32.6 Å². The molecular weight excluding hydrogens is 217 g/mol. The van der Waals surface area contributed by atoms with Gasteiger partial charge in [-0.25, -0.2) is 9.37 Å². The second kappa shape index (κ2) is 4.45. The van der Waals surface area contributed by atoms with Crippen LogP contribution in [0.1, 0.15) is 44.0 Å². The fourth-order valence-corrected chi connectivity index (χ4v) is 2.10. The molecule has 2 N–H and O–H groups in total. The molecule has 0 saturated carbocycles. The molecule has 17 heavy (non-hydrogen) atoms. The summed E-state index contributed by atoms with van der Waals surface area (Å²) in [5.41, 5.74) is 8.08. The van der Waals surface area contributed by atoms with Crippen molar-refractivity contribution < 1.29 is 4.39 Å². The van der Waals surface area contributed by atoms with Crippen LogP contribution in [0.25, 0.3) is 5.65 Å². The second-order valence-corrected chi connectivity index (χ2v) is 4.72. The molecule has 1 atom stereocenters. The molecule has 4 heteroatoms. The summed E-state index contributed by atoms with van der Waals surface area (Å²) < 4.78 is 15.5. The number of aromatic nitrogens is 2. The Bertz CT molecular complexity index is 531. The molecule has 2 heterocycles.